The molecule has 4 N–H and O–H groups in total. The van der Waals surface area contributed by atoms with E-state index in [0.717, 1.165) is 17.4 Å². The lowest BCUT2D eigenvalue weighted by atomic mass is 10.1. The van der Waals surface area contributed by atoms with E-state index in [0.29, 0.717) is 28.5 Å². The smallest absolute Gasteiger partial charge is 0.323 e. The second-order valence-corrected chi connectivity index (χ2v) is 9.35. The number of aryl methyl sites for hydroxylation is 2. The molecule has 2 amide bonds. The Labute approximate surface area is 175 Å². The molecule has 156 valence electrons. The van der Waals surface area contributed by atoms with Gasteiger partial charge in [0, 0.05) is 29.3 Å². The van der Waals surface area contributed by atoms with Gasteiger partial charge in [-0.05, 0) is 61.4 Å². The Balaban J connectivity index is 1.72. The number of hydrogen-bond acceptors (Lipinski definition) is 6. The summed E-state index contributed by atoms with van der Waals surface area (Å²) in [5, 5.41) is 5.57. The van der Waals surface area contributed by atoms with Crippen LogP contribution >= 0.6 is 0 Å². The van der Waals surface area contributed by atoms with Crippen molar-refractivity contribution in [2.45, 2.75) is 19.6 Å². The lowest BCUT2D eigenvalue weighted by molar-refractivity contribution is 0.262. The Kier molecular flexibility index (Phi) is 6.02. The number of amides is 2. The van der Waals surface area contributed by atoms with Gasteiger partial charge < -0.3 is 16.4 Å². The first-order chi connectivity index (χ1) is 14.1. The van der Waals surface area contributed by atoms with E-state index < -0.39 is 9.84 Å². The highest BCUT2D eigenvalue weighted by atomic mass is 32.2. The number of nitrogens with one attached hydrogen (secondary N) is 2. The lowest BCUT2D eigenvalue weighted by Crippen LogP contribution is -2.19. The van der Waals surface area contributed by atoms with Gasteiger partial charge in [0.05, 0.1) is 11.4 Å². The van der Waals surface area contributed by atoms with Crippen molar-refractivity contribution in [3.63, 3.8) is 0 Å². The van der Waals surface area contributed by atoms with Gasteiger partial charge in [0.15, 0.2) is 15.7 Å². The lowest BCUT2D eigenvalue weighted by Gasteiger charge is -2.10. The standard InChI is InChI=1S/C21H23N5O3S/c1-13-8-14(2)10-17(9-13)25-21(27)24-16-6-4-15(5-7-16)20-23-18(11-19(22)26-20)12-30(3,28)29/h4-11H,12H2,1-3H3,(H2,22,23,26)(H2,24,25,27). The highest BCUT2D eigenvalue weighted by molar-refractivity contribution is 7.89. The summed E-state index contributed by atoms with van der Waals surface area (Å²) in [6.07, 6.45) is 1.13. The van der Waals surface area contributed by atoms with Crippen LogP contribution in [-0.2, 0) is 15.6 Å². The van der Waals surface area contributed by atoms with E-state index in [9.17, 15) is 13.2 Å². The molecule has 1 heterocycles. The summed E-state index contributed by atoms with van der Waals surface area (Å²) in [5.41, 5.74) is 10.2. The summed E-state index contributed by atoms with van der Waals surface area (Å²) in [5.74, 6) is 0.291. The van der Waals surface area contributed by atoms with Crippen LogP contribution in [0.5, 0.6) is 0 Å². The number of carbonyl (C=O) groups is 1. The second-order valence-electron chi connectivity index (χ2n) is 7.21. The van der Waals surface area contributed by atoms with Crippen molar-refractivity contribution in [1.82, 2.24) is 9.97 Å². The fourth-order valence-electron chi connectivity index (χ4n) is 3.03. The Morgan fingerprint density at radius 2 is 1.53 bits per heavy atom. The molecule has 30 heavy (non-hydrogen) atoms. The molecule has 0 bridgehead atoms. The molecule has 9 heteroatoms. The van der Waals surface area contributed by atoms with Crippen molar-refractivity contribution in [2.24, 2.45) is 0 Å². The minimum Gasteiger partial charge on any atom is -0.384 e. The number of carbonyl (C=O) groups excluding carboxylic acids is 1. The molecule has 2 aromatic carbocycles. The number of urea groups is 1. The first-order valence-electron chi connectivity index (χ1n) is 9.15. The zero-order valence-corrected chi connectivity index (χ0v) is 17.7. The summed E-state index contributed by atoms with van der Waals surface area (Å²) in [4.78, 5) is 20.7. The molecule has 3 aromatic rings. The Hall–Kier alpha value is -3.46. The number of nitrogen functional groups attached to an aromatic ring is 1. The van der Waals surface area contributed by atoms with Crippen LogP contribution in [0.1, 0.15) is 16.8 Å². The highest BCUT2D eigenvalue weighted by Crippen LogP contribution is 2.21. The van der Waals surface area contributed by atoms with Gasteiger partial charge >= 0.3 is 6.03 Å². The summed E-state index contributed by atoms with van der Waals surface area (Å²) in [6, 6.07) is 13.8. The average Bonchev–Trinajstić information content (AvgIpc) is 2.59. The van der Waals surface area contributed by atoms with Crippen LogP contribution in [0.15, 0.2) is 48.5 Å². The molecule has 0 spiro atoms. The van der Waals surface area contributed by atoms with Gasteiger partial charge in [0.2, 0.25) is 0 Å². The summed E-state index contributed by atoms with van der Waals surface area (Å²) in [6.45, 7) is 3.93. The number of nitrogens with zero attached hydrogens (tertiary/aromatic N) is 2. The maximum atomic E-state index is 12.3. The molecule has 3 rings (SSSR count). The van der Waals surface area contributed by atoms with Gasteiger partial charge in [-0.2, -0.15) is 0 Å². The van der Waals surface area contributed by atoms with Gasteiger partial charge in [-0.15, -0.1) is 0 Å². The molecule has 0 fully saturated rings. The fraction of sp³-hybridized carbons (Fsp3) is 0.190. The van der Waals surface area contributed by atoms with Crippen molar-refractivity contribution in [3.05, 3.63) is 65.4 Å². The third-order valence-corrected chi connectivity index (χ3v) is 4.91. The molecule has 0 unspecified atom stereocenters. The third-order valence-electron chi connectivity index (χ3n) is 4.09. The number of sulfone groups is 1. The van der Waals surface area contributed by atoms with Crippen LogP contribution in [0.2, 0.25) is 0 Å². The van der Waals surface area contributed by atoms with E-state index in [2.05, 4.69) is 20.6 Å². The van der Waals surface area contributed by atoms with Gasteiger partial charge in [0.1, 0.15) is 5.82 Å². The molecule has 0 atom stereocenters. The van der Waals surface area contributed by atoms with Crippen LogP contribution in [0.3, 0.4) is 0 Å². The van der Waals surface area contributed by atoms with Crippen LogP contribution in [-0.4, -0.2) is 30.7 Å². The molecule has 1 aromatic heterocycles. The number of hydrogen-bond donors (Lipinski definition) is 3. The molecular formula is C21H23N5O3S. The molecule has 0 aliphatic rings. The van der Waals surface area contributed by atoms with Crippen LogP contribution in [0, 0.1) is 13.8 Å². The van der Waals surface area contributed by atoms with Crippen LogP contribution < -0.4 is 16.4 Å². The fourth-order valence-corrected chi connectivity index (χ4v) is 3.72. The van der Waals surface area contributed by atoms with Crippen LogP contribution in [0.4, 0.5) is 22.0 Å². The first-order valence-corrected chi connectivity index (χ1v) is 11.2. The number of anilines is 3. The summed E-state index contributed by atoms with van der Waals surface area (Å²) in [7, 11) is -3.24. The van der Waals surface area contributed by atoms with E-state index in [1.807, 2.05) is 32.0 Å². The molecule has 8 nitrogen and oxygen atoms in total. The average molecular weight is 426 g/mol. The zero-order valence-electron chi connectivity index (χ0n) is 16.9. The van der Waals surface area contributed by atoms with Crippen molar-refractivity contribution in [2.75, 3.05) is 22.6 Å². The molecule has 0 saturated heterocycles. The monoisotopic (exact) mass is 425 g/mol. The minimum absolute atomic E-state index is 0.189. The van der Waals surface area contributed by atoms with E-state index in [1.54, 1.807) is 24.3 Å². The van der Waals surface area contributed by atoms with Crippen LogP contribution in [0.25, 0.3) is 11.4 Å². The number of benzene rings is 2. The summed E-state index contributed by atoms with van der Waals surface area (Å²) < 4.78 is 23.1. The Bertz CT molecular complexity index is 1170. The normalized spacial score (nSPS) is 11.2. The van der Waals surface area contributed by atoms with Gasteiger partial charge in [-0.1, -0.05) is 6.07 Å². The molecule has 0 saturated carbocycles. The topological polar surface area (TPSA) is 127 Å². The second kappa shape index (κ2) is 8.50. The molecular weight excluding hydrogens is 402 g/mol. The van der Waals surface area contributed by atoms with E-state index >= 15 is 0 Å². The molecule has 0 radical (unpaired) electrons. The van der Waals surface area contributed by atoms with Crippen molar-refractivity contribution in [3.8, 4) is 11.4 Å². The predicted octanol–water partition coefficient (Wildman–Crippen LogP) is 3.53. The van der Waals surface area contributed by atoms with Gasteiger partial charge in [-0.3, -0.25) is 0 Å². The van der Waals surface area contributed by atoms with Crippen molar-refractivity contribution >= 4 is 33.1 Å². The molecule has 0 aliphatic carbocycles. The quantitative estimate of drug-likeness (QED) is 0.574. The Morgan fingerprint density at radius 3 is 2.13 bits per heavy atom. The highest BCUT2D eigenvalue weighted by Gasteiger charge is 2.11. The largest absolute Gasteiger partial charge is 0.384 e. The van der Waals surface area contributed by atoms with E-state index in [1.165, 1.54) is 6.07 Å². The molecule has 0 aliphatic heterocycles. The van der Waals surface area contributed by atoms with Gasteiger partial charge in [-0.25, -0.2) is 23.2 Å². The van der Waals surface area contributed by atoms with Crippen molar-refractivity contribution < 1.29 is 13.2 Å². The van der Waals surface area contributed by atoms with E-state index in [-0.39, 0.29) is 17.6 Å². The maximum absolute atomic E-state index is 12.3. The predicted molar refractivity (Wildman–Crippen MR) is 119 cm³/mol. The SMILES string of the molecule is Cc1cc(C)cc(NC(=O)Nc2ccc(-c3nc(N)cc(CS(C)(=O)=O)n3)cc2)c1. The van der Waals surface area contributed by atoms with Crippen molar-refractivity contribution in [1.29, 1.82) is 0 Å². The minimum atomic E-state index is -3.24. The number of aromatic nitrogens is 2. The maximum Gasteiger partial charge on any atom is 0.323 e. The number of nitrogens with two attached hydrogens (primary N) is 1. The summed E-state index contributed by atoms with van der Waals surface area (Å²) >= 11 is 0. The zero-order chi connectivity index (χ0) is 21.9. The Morgan fingerprint density at radius 1 is 0.933 bits per heavy atom. The first kappa shape index (κ1) is 21.3. The number of rotatable bonds is 5. The third kappa shape index (κ3) is 6.02. The van der Waals surface area contributed by atoms with Gasteiger partial charge in [0.25, 0.3) is 0 Å². The van der Waals surface area contributed by atoms with E-state index in [4.69, 9.17) is 5.73 Å².